The van der Waals surface area contributed by atoms with Gasteiger partial charge in [0.1, 0.15) is 17.5 Å². The fourth-order valence-electron chi connectivity index (χ4n) is 1.54. The molecule has 0 N–H and O–H groups in total. The first kappa shape index (κ1) is 12.7. The van der Waals surface area contributed by atoms with Crippen LogP contribution in [0.4, 0.5) is 5.69 Å². The fraction of sp³-hybridized carbons (Fsp3) is 0.214. The third-order valence-electron chi connectivity index (χ3n) is 2.56. The molecular weight excluding hydrogens is 248 g/mol. The van der Waals surface area contributed by atoms with Gasteiger partial charge in [-0.05, 0) is 18.2 Å². The van der Waals surface area contributed by atoms with Crippen molar-refractivity contribution in [2.45, 2.75) is 6.61 Å². The van der Waals surface area contributed by atoms with Gasteiger partial charge >= 0.3 is 0 Å². The maximum absolute atomic E-state index is 5.97. The first-order valence-corrected chi connectivity index (χ1v) is 6.04. The minimum atomic E-state index is 0.420. The van der Waals surface area contributed by atoms with Gasteiger partial charge in [0.05, 0.1) is 0 Å². The van der Waals surface area contributed by atoms with Gasteiger partial charge in [0.15, 0.2) is 0 Å². The largest absolute Gasteiger partial charge is 0.489 e. The molecule has 0 atom stereocenters. The first-order valence-electron chi connectivity index (χ1n) is 5.66. The Kier molecular flexibility index (Phi) is 4.05. The van der Waals surface area contributed by atoms with Gasteiger partial charge in [0.25, 0.3) is 0 Å². The minimum absolute atomic E-state index is 0.420. The smallest absolute Gasteiger partial charge is 0.135 e. The predicted octanol–water partition coefficient (Wildman–Crippen LogP) is 3.38. The number of hydrogen-bond acceptors (Lipinski definition) is 3. The van der Waals surface area contributed by atoms with E-state index in [1.807, 2.05) is 55.4 Å². The van der Waals surface area contributed by atoms with Gasteiger partial charge in [-0.15, -0.1) is 0 Å². The van der Waals surface area contributed by atoms with E-state index in [-0.39, 0.29) is 0 Å². The van der Waals surface area contributed by atoms with Gasteiger partial charge in [-0.3, -0.25) is 0 Å². The molecule has 0 aliphatic carbocycles. The van der Waals surface area contributed by atoms with Crippen molar-refractivity contribution in [1.82, 2.24) is 4.98 Å². The maximum atomic E-state index is 5.97. The Labute approximate surface area is 112 Å². The van der Waals surface area contributed by atoms with E-state index in [0.29, 0.717) is 11.8 Å². The van der Waals surface area contributed by atoms with Gasteiger partial charge in [0, 0.05) is 37.6 Å². The van der Waals surface area contributed by atoms with Crippen molar-refractivity contribution >= 4 is 17.3 Å². The third-order valence-corrected chi connectivity index (χ3v) is 2.91. The zero-order chi connectivity index (χ0) is 13.0. The van der Waals surface area contributed by atoms with Crippen molar-refractivity contribution in [3.05, 3.63) is 53.3 Å². The summed E-state index contributed by atoms with van der Waals surface area (Å²) >= 11 is 5.97. The molecule has 0 spiro atoms. The average Bonchev–Trinajstić information content (AvgIpc) is 2.38. The van der Waals surface area contributed by atoms with Crippen molar-refractivity contribution in [3.63, 3.8) is 0 Å². The van der Waals surface area contributed by atoms with Crippen LogP contribution in [0.5, 0.6) is 5.75 Å². The van der Waals surface area contributed by atoms with Crippen LogP contribution < -0.4 is 9.64 Å². The van der Waals surface area contributed by atoms with E-state index in [9.17, 15) is 0 Å². The summed E-state index contributed by atoms with van der Waals surface area (Å²) in [4.78, 5) is 6.05. The van der Waals surface area contributed by atoms with E-state index in [1.165, 1.54) is 0 Å². The van der Waals surface area contributed by atoms with Crippen LogP contribution in [0.1, 0.15) is 5.56 Å². The molecule has 0 unspecified atom stereocenters. The lowest BCUT2D eigenvalue weighted by molar-refractivity contribution is 0.306. The highest BCUT2D eigenvalue weighted by Crippen LogP contribution is 2.21. The monoisotopic (exact) mass is 262 g/mol. The van der Waals surface area contributed by atoms with Gasteiger partial charge in [-0.1, -0.05) is 23.7 Å². The first-order chi connectivity index (χ1) is 8.66. The van der Waals surface area contributed by atoms with Gasteiger partial charge < -0.3 is 9.64 Å². The topological polar surface area (TPSA) is 25.4 Å². The molecule has 0 aliphatic heterocycles. The van der Waals surface area contributed by atoms with E-state index in [1.54, 1.807) is 6.20 Å². The van der Waals surface area contributed by atoms with Crippen LogP contribution in [0, 0.1) is 0 Å². The van der Waals surface area contributed by atoms with Crippen LogP contribution in [0.2, 0.25) is 5.15 Å². The van der Waals surface area contributed by atoms with E-state index in [2.05, 4.69) is 4.98 Å². The van der Waals surface area contributed by atoms with Crippen LogP contribution in [-0.4, -0.2) is 19.1 Å². The van der Waals surface area contributed by atoms with Crippen LogP contribution in [0.15, 0.2) is 42.6 Å². The Balaban J connectivity index is 2.07. The molecule has 0 bridgehead atoms. The number of pyridine rings is 1. The highest BCUT2D eigenvalue weighted by Gasteiger charge is 2.02. The van der Waals surface area contributed by atoms with Crippen LogP contribution in [0.25, 0.3) is 0 Å². The SMILES string of the molecule is CN(C)c1cccc(OCc2cccnc2Cl)c1. The Morgan fingerprint density at radius 3 is 2.78 bits per heavy atom. The molecule has 18 heavy (non-hydrogen) atoms. The molecule has 2 rings (SSSR count). The van der Waals surface area contributed by atoms with Crippen molar-refractivity contribution in [3.8, 4) is 5.75 Å². The highest BCUT2D eigenvalue weighted by molar-refractivity contribution is 6.30. The molecule has 1 aromatic heterocycles. The molecule has 0 saturated heterocycles. The summed E-state index contributed by atoms with van der Waals surface area (Å²) in [5.41, 5.74) is 1.99. The second-order valence-electron chi connectivity index (χ2n) is 4.13. The lowest BCUT2D eigenvalue weighted by atomic mass is 10.3. The van der Waals surface area contributed by atoms with Crippen molar-refractivity contribution < 1.29 is 4.74 Å². The number of nitrogens with zero attached hydrogens (tertiary/aromatic N) is 2. The Hall–Kier alpha value is -1.74. The summed E-state index contributed by atoms with van der Waals surface area (Å²) in [7, 11) is 3.99. The highest BCUT2D eigenvalue weighted by atomic mass is 35.5. The van der Waals surface area contributed by atoms with Gasteiger partial charge in [-0.25, -0.2) is 4.98 Å². The van der Waals surface area contributed by atoms with Crippen LogP contribution in [-0.2, 0) is 6.61 Å². The predicted molar refractivity (Wildman–Crippen MR) is 74.3 cm³/mol. The fourth-order valence-corrected chi connectivity index (χ4v) is 1.71. The maximum Gasteiger partial charge on any atom is 0.135 e. The zero-order valence-corrected chi connectivity index (χ0v) is 11.2. The molecule has 1 aromatic carbocycles. The number of anilines is 1. The lowest BCUT2D eigenvalue weighted by Crippen LogP contribution is -2.08. The number of rotatable bonds is 4. The normalized spacial score (nSPS) is 10.2. The number of benzene rings is 1. The molecular formula is C14H15ClN2O. The molecule has 0 saturated carbocycles. The number of hydrogen-bond donors (Lipinski definition) is 0. The quantitative estimate of drug-likeness (QED) is 0.790. The van der Waals surface area contributed by atoms with E-state index >= 15 is 0 Å². The number of halogens is 1. The van der Waals surface area contributed by atoms with Gasteiger partial charge in [-0.2, -0.15) is 0 Å². The van der Waals surface area contributed by atoms with Crippen LogP contribution >= 0.6 is 11.6 Å². The second kappa shape index (κ2) is 5.74. The average molecular weight is 263 g/mol. The van der Waals surface area contributed by atoms with Gasteiger partial charge in [0.2, 0.25) is 0 Å². The summed E-state index contributed by atoms with van der Waals surface area (Å²) < 4.78 is 5.71. The Morgan fingerprint density at radius 2 is 2.06 bits per heavy atom. The van der Waals surface area contributed by atoms with E-state index < -0.39 is 0 Å². The number of ether oxygens (including phenoxy) is 1. The summed E-state index contributed by atoms with van der Waals surface area (Å²) in [6.07, 6.45) is 1.67. The molecule has 0 aliphatic rings. The summed E-state index contributed by atoms with van der Waals surface area (Å²) in [6, 6.07) is 11.7. The summed E-state index contributed by atoms with van der Waals surface area (Å²) in [5.74, 6) is 0.820. The zero-order valence-electron chi connectivity index (χ0n) is 10.4. The van der Waals surface area contributed by atoms with E-state index in [4.69, 9.17) is 16.3 Å². The van der Waals surface area contributed by atoms with E-state index in [0.717, 1.165) is 17.0 Å². The Bertz CT molecular complexity index is 529. The lowest BCUT2D eigenvalue weighted by Gasteiger charge is -2.14. The molecule has 1 heterocycles. The molecule has 0 amide bonds. The van der Waals surface area contributed by atoms with Crippen molar-refractivity contribution in [1.29, 1.82) is 0 Å². The molecule has 3 nitrogen and oxygen atoms in total. The molecule has 94 valence electrons. The molecule has 0 fully saturated rings. The number of aromatic nitrogens is 1. The summed E-state index contributed by atoms with van der Waals surface area (Å²) in [6.45, 7) is 0.420. The molecule has 2 aromatic rings. The third kappa shape index (κ3) is 3.14. The summed E-state index contributed by atoms with van der Waals surface area (Å²) in [5, 5.41) is 0.487. The standard InChI is InChI=1S/C14H15ClN2O/c1-17(2)12-6-3-7-13(9-12)18-10-11-5-4-8-16-14(11)15/h3-9H,10H2,1-2H3. The Morgan fingerprint density at radius 1 is 1.22 bits per heavy atom. The molecule has 0 radical (unpaired) electrons. The second-order valence-corrected chi connectivity index (χ2v) is 4.49. The van der Waals surface area contributed by atoms with Crippen molar-refractivity contribution in [2.24, 2.45) is 0 Å². The molecule has 4 heteroatoms. The van der Waals surface area contributed by atoms with Crippen molar-refractivity contribution in [2.75, 3.05) is 19.0 Å². The minimum Gasteiger partial charge on any atom is -0.489 e. The van der Waals surface area contributed by atoms with Crippen LogP contribution in [0.3, 0.4) is 0 Å².